The summed E-state index contributed by atoms with van der Waals surface area (Å²) in [6, 6.07) is 11.2. The number of amides is 2. The highest BCUT2D eigenvalue weighted by Gasteiger charge is 2.39. The average Bonchev–Trinajstić information content (AvgIpc) is 2.92. The Morgan fingerprint density at radius 3 is 2.38 bits per heavy atom. The smallest absolute Gasteiger partial charge is 0.338 e. The van der Waals surface area contributed by atoms with Crippen LogP contribution in [0.4, 0.5) is 11.4 Å². The van der Waals surface area contributed by atoms with Gasteiger partial charge in [0.15, 0.2) is 0 Å². The number of nitrogens with zero attached hydrogens (tertiary/aromatic N) is 1. The third-order valence-corrected chi connectivity index (χ3v) is 4.38. The minimum Gasteiger partial charge on any atom is -0.545 e. The maximum Gasteiger partial charge on any atom is 0.338 e. The van der Waals surface area contributed by atoms with Crippen LogP contribution in [0.3, 0.4) is 0 Å². The van der Waals surface area contributed by atoms with Crippen LogP contribution in [-0.2, 0) is 14.3 Å². The maximum atomic E-state index is 12.8. The molecule has 1 heterocycles. The Labute approximate surface area is 170 Å². The zero-order valence-corrected chi connectivity index (χ0v) is 15.9. The van der Waals surface area contributed by atoms with Crippen molar-refractivity contribution >= 4 is 46.7 Å². The van der Waals surface area contributed by atoms with Gasteiger partial charge >= 0.3 is 5.97 Å². The van der Waals surface area contributed by atoms with E-state index in [4.69, 9.17) is 16.3 Å². The predicted molar refractivity (Wildman–Crippen MR) is 102 cm³/mol. The van der Waals surface area contributed by atoms with E-state index in [0.29, 0.717) is 5.69 Å². The van der Waals surface area contributed by atoms with Gasteiger partial charge in [0.25, 0.3) is 11.8 Å². The summed E-state index contributed by atoms with van der Waals surface area (Å²) in [5, 5.41) is 13.2. The zero-order chi connectivity index (χ0) is 21.1. The predicted octanol–water partition coefficient (Wildman–Crippen LogP) is 1.66. The summed E-state index contributed by atoms with van der Waals surface area (Å²) in [6.07, 6.45) is 0. The van der Waals surface area contributed by atoms with Crippen LogP contribution in [0.25, 0.3) is 0 Å². The normalized spacial score (nSPS) is 13.7. The van der Waals surface area contributed by atoms with E-state index in [0.717, 1.165) is 4.90 Å². The van der Waals surface area contributed by atoms with Crippen LogP contribution in [0, 0.1) is 0 Å². The first kappa shape index (κ1) is 20.1. The Morgan fingerprint density at radius 2 is 1.76 bits per heavy atom. The van der Waals surface area contributed by atoms with Crippen LogP contribution < -0.4 is 15.3 Å². The van der Waals surface area contributed by atoms with E-state index < -0.39 is 23.8 Å². The fourth-order valence-electron chi connectivity index (χ4n) is 2.67. The lowest BCUT2D eigenvalue weighted by Crippen LogP contribution is -2.32. The van der Waals surface area contributed by atoms with E-state index >= 15 is 0 Å². The van der Waals surface area contributed by atoms with Gasteiger partial charge in [0.05, 0.1) is 23.8 Å². The number of carbonyl (C=O) groups is 4. The second kappa shape index (κ2) is 8.15. The average molecular weight is 414 g/mol. The van der Waals surface area contributed by atoms with Crippen molar-refractivity contribution in [3.05, 3.63) is 70.4 Å². The Balaban J connectivity index is 1.86. The molecular weight excluding hydrogens is 400 g/mol. The van der Waals surface area contributed by atoms with Crippen LogP contribution in [0.1, 0.15) is 27.6 Å². The lowest BCUT2D eigenvalue weighted by molar-refractivity contribution is -0.255. The summed E-state index contributed by atoms with van der Waals surface area (Å²) in [5.74, 6) is -3.40. The molecule has 0 spiro atoms. The number of imide groups is 1. The molecule has 0 fully saturated rings. The van der Waals surface area contributed by atoms with Crippen LogP contribution in [0.2, 0.25) is 0 Å². The molecule has 2 amide bonds. The van der Waals surface area contributed by atoms with Crippen molar-refractivity contribution in [3.63, 3.8) is 0 Å². The Morgan fingerprint density at radius 1 is 1.07 bits per heavy atom. The van der Waals surface area contributed by atoms with Crippen molar-refractivity contribution in [1.29, 1.82) is 0 Å². The molecule has 2 aromatic rings. The molecule has 9 heteroatoms. The molecule has 0 radical (unpaired) electrons. The van der Waals surface area contributed by atoms with Gasteiger partial charge in [-0.25, -0.2) is 9.69 Å². The highest BCUT2D eigenvalue weighted by molar-refractivity contribution is 6.53. The number of aromatic carboxylic acids is 1. The Kier molecular flexibility index (Phi) is 5.65. The van der Waals surface area contributed by atoms with E-state index in [9.17, 15) is 24.3 Å². The molecule has 1 aliphatic heterocycles. The third-order valence-electron chi connectivity index (χ3n) is 4.03. The van der Waals surface area contributed by atoms with Gasteiger partial charge in [-0.1, -0.05) is 29.8 Å². The quantitative estimate of drug-likeness (QED) is 0.565. The lowest BCUT2D eigenvalue weighted by Gasteiger charge is -2.16. The van der Waals surface area contributed by atoms with E-state index in [1.807, 2.05) is 0 Å². The van der Waals surface area contributed by atoms with Gasteiger partial charge in [0.1, 0.15) is 10.7 Å². The van der Waals surface area contributed by atoms with Crippen molar-refractivity contribution < 1.29 is 29.0 Å². The van der Waals surface area contributed by atoms with Crippen molar-refractivity contribution in [2.24, 2.45) is 0 Å². The number of carboxylic acid groups (broad SMARTS) is 1. The Hall–Kier alpha value is -3.65. The molecule has 0 saturated heterocycles. The maximum absolute atomic E-state index is 12.8. The first-order chi connectivity index (χ1) is 13.8. The van der Waals surface area contributed by atoms with Gasteiger partial charge in [-0.05, 0) is 42.8 Å². The molecule has 3 rings (SSSR count). The number of carboxylic acids is 1. The number of anilines is 2. The van der Waals surface area contributed by atoms with E-state index in [-0.39, 0.29) is 34.2 Å². The molecule has 148 valence electrons. The van der Waals surface area contributed by atoms with Gasteiger partial charge in [-0.3, -0.25) is 9.59 Å². The molecule has 0 atom stereocenters. The summed E-state index contributed by atoms with van der Waals surface area (Å²) in [7, 11) is 0. The molecule has 0 unspecified atom stereocenters. The fraction of sp³-hybridized carbons (Fsp3) is 0.100. The number of esters is 1. The number of hydrogen-bond donors (Lipinski definition) is 1. The monoisotopic (exact) mass is 413 g/mol. The first-order valence-corrected chi connectivity index (χ1v) is 8.85. The van der Waals surface area contributed by atoms with Crippen molar-refractivity contribution in [2.75, 3.05) is 16.8 Å². The summed E-state index contributed by atoms with van der Waals surface area (Å²) in [4.78, 5) is 48.9. The van der Waals surface area contributed by atoms with Crippen molar-refractivity contribution in [2.45, 2.75) is 6.92 Å². The van der Waals surface area contributed by atoms with Crippen LogP contribution in [0.15, 0.2) is 59.3 Å². The van der Waals surface area contributed by atoms with Gasteiger partial charge in [0, 0.05) is 5.69 Å². The lowest BCUT2D eigenvalue weighted by atomic mass is 10.2. The largest absolute Gasteiger partial charge is 0.545 e. The number of benzene rings is 2. The second-order valence-electron chi connectivity index (χ2n) is 5.90. The number of hydrogen-bond acceptors (Lipinski definition) is 7. The molecule has 0 bridgehead atoms. The topological polar surface area (TPSA) is 116 Å². The van der Waals surface area contributed by atoms with Crippen LogP contribution in [-0.4, -0.2) is 30.4 Å². The van der Waals surface area contributed by atoms with E-state index in [2.05, 4.69) is 5.32 Å². The van der Waals surface area contributed by atoms with Gasteiger partial charge < -0.3 is 20.0 Å². The van der Waals surface area contributed by atoms with Gasteiger partial charge in [-0.15, -0.1) is 0 Å². The van der Waals surface area contributed by atoms with E-state index in [1.165, 1.54) is 48.5 Å². The highest BCUT2D eigenvalue weighted by atomic mass is 35.5. The number of ether oxygens (including phenoxy) is 1. The molecule has 8 nitrogen and oxygen atoms in total. The second-order valence-corrected chi connectivity index (χ2v) is 6.27. The molecule has 0 saturated carbocycles. The number of halogens is 1. The molecule has 0 aliphatic carbocycles. The number of nitrogens with one attached hydrogen (secondary N) is 1. The summed E-state index contributed by atoms with van der Waals surface area (Å²) in [6.45, 7) is 1.85. The molecule has 1 N–H and O–H groups in total. The SMILES string of the molecule is CCOC(=O)c1cccc(N2C(=O)C(Cl)=C(Nc3ccc(C(=O)[O-])cc3)C2=O)c1. The summed E-state index contributed by atoms with van der Waals surface area (Å²) in [5.41, 5.74) is 0.487. The number of carbonyl (C=O) groups excluding carboxylic acids is 4. The molecular formula is C20H14ClN2O6-. The van der Waals surface area contributed by atoms with Gasteiger partial charge in [-0.2, -0.15) is 0 Å². The molecule has 29 heavy (non-hydrogen) atoms. The fourth-order valence-corrected chi connectivity index (χ4v) is 2.88. The minimum atomic E-state index is -1.34. The summed E-state index contributed by atoms with van der Waals surface area (Å²) >= 11 is 6.06. The highest BCUT2D eigenvalue weighted by Crippen LogP contribution is 2.30. The number of rotatable bonds is 6. The molecule has 2 aromatic carbocycles. The first-order valence-electron chi connectivity index (χ1n) is 8.47. The van der Waals surface area contributed by atoms with Crippen LogP contribution in [0.5, 0.6) is 0 Å². The van der Waals surface area contributed by atoms with Crippen molar-refractivity contribution in [1.82, 2.24) is 0 Å². The Bertz CT molecular complexity index is 1050. The van der Waals surface area contributed by atoms with E-state index in [1.54, 1.807) is 6.92 Å². The van der Waals surface area contributed by atoms with Gasteiger partial charge in [0.2, 0.25) is 0 Å². The summed E-state index contributed by atoms with van der Waals surface area (Å²) < 4.78 is 4.92. The third kappa shape index (κ3) is 3.97. The van der Waals surface area contributed by atoms with Crippen LogP contribution >= 0.6 is 11.6 Å². The molecule has 1 aliphatic rings. The standard InChI is InChI=1S/C20H15ClN2O6/c1-2-29-20(28)12-4-3-5-14(10-12)23-17(24)15(21)16(18(23)25)22-13-8-6-11(7-9-13)19(26)27/h3-10,22H,2H2,1H3,(H,26,27)/p-1. The zero-order valence-electron chi connectivity index (χ0n) is 15.1. The molecule has 0 aromatic heterocycles. The van der Waals surface area contributed by atoms with Crippen molar-refractivity contribution in [3.8, 4) is 0 Å². The minimum absolute atomic E-state index is 0.0399.